The molecular weight excluding hydrogens is 236 g/mol. The second-order valence-corrected chi connectivity index (χ2v) is 5.79. The van der Waals surface area contributed by atoms with Crippen LogP contribution in [0.25, 0.3) is 0 Å². The quantitative estimate of drug-likeness (QED) is 0.887. The maximum Gasteiger partial charge on any atom is 0.119 e. The van der Waals surface area contributed by atoms with Gasteiger partial charge in [0.2, 0.25) is 0 Å². The minimum atomic E-state index is 0.232. The summed E-state index contributed by atoms with van der Waals surface area (Å²) in [5, 5.41) is 0. The van der Waals surface area contributed by atoms with Crippen LogP contribution in [0.3, 0.4) is 0 Å². The van der Waals surface area contributed by atoms with E-state index in [9.17, 15) is 0 Å². The van der Waals surface area contributed by atoms with Crippen LogP contribution in [0.2, 0.25) is 0 Å². The maximum atomic E-state index is 6.32. The molecular formula is C16H26N2O. The van der Waals surface area contributed by atoms with Gasteiger partial charge in [0.15, 0.2) is 0 Å². The molecule has 0 spiro atoms. The van der Waals surface area contributed by atoms with Gasteiger partial charge in [0.1, 0.15) is 5.75 Å². The molecule has 0 aromatic heterocycles. The second kappa shape index (κ2) is 6.40. The number of rotatable bonds is 5. The number of benzene rings is 1. The minimum Gasteiger partial charge on any atom is -0.494 e. The van der Waals surface area contributed by atoms with Crippen molar-refractivity contribution in [2.75, 3.05) is 19.7 Å². The molecule has 1 fully saturated rings. The Morgan fingerprint density at radius 1 is 1.42 bits per heavy atom. The van der Waals surface area contributed by atoms with Crippen LogP contribution in [0.15, 0.2) is 24.3 Å². The lowest BCUT2D eigenvalue weighted by atomic mass is 10.00. The van der Waals surface area contributed by atoms with E-state index in [0.717, 1.165) is 25.3 Å². The van der Waals surface area contributed by atoms with Crippen LogP contribution >= 0.6 is 0 Å². The van der Waals surface area contributed by atoms with Gasteiger partial charge >= 0.3 is 0 Å². The first-order chi connectivity index (χ1) is 9.11. The van der Waals surface area contributed by atoms with Gasteiger partial charge in [0, 0.05) is 19.1 Å². The van der Waals surface area contributed by atoms with Gasteiger partial charge in [-0.25, -0.2) is 0 Å². The van der Waals surface area contributed by atoms with Crippen molar-refractivity contribution in [2.45, 2.75) is 39.3 Å². The highest BCUT2D eigenvalue weighted by Crippen LogP contribution is 2.33. The molecule has 0 bridgehead atoms. The third-order valence-electron chi connectivity index (χ3n) is 3.66. The van der Waals surface area contributed by atoms with Crippen molar-refractivity contribution >= 4 is 0 Å². The van der Waals surface area contributed by atoms with Crippen molar-refractivity contribution in [1.29, 1.82) is 0 Å². The summed E-state index contributed by atoms with van der Waals surface area (Å²) in [6.07, 6.45) is 1.08. The van der Waals surface area contributed by atoms with Crippen LogP contribution < -0.4 is 10.5 Å². The Labute approximate surface area is 116 Å². The molecule has 2 N–H and O–H groups in total. The van der Waals surface area contributed by atoms with Gasteiger partial charge in [-0.1, -0.05) is 26.0 Å². The Hall–Kier alpha value is -1.06. The third kappa shape index (κ3) is 3.48. The summed E-state index contributed by atoms with van der Waals surface area (Å²) in [6.45, 7) is 9.45. The number of nitrogens with zero attached hydrogens (tertiary/aromatic N) is 1. The molecule has 2 rings (SSSR count). The van der Waals surface area contributed by atoms with Crippen molar-refractivity contribution < 1.29 is 4.74 Å². The van der Waals surface area contributed by atoms with Crippen LogP contribution in [0.5, 0.6) is 5.75 Å². The molecule has 19 heavy (non-hydrogen) atoms. The highest BCUT2D eigenvalue weighted by molar-refractivity contribution is 5.32. The fourth-order valence-corrected chi connectivity index (χ4v) is 2.97. The molecule has 1 heterocycles. The SMILES string of the molecule is CCOc1cccc(C2C(N)CCN2CC(C)C)c1. The van der Waals surface area contributed by atoms with E-state index >= 15 is 0 Å². The standard InChI is InChI=1S/C16H26N2O/c1-4-19-14-7-5-6-13(10-14)16-15(17)8-9-18(16)11-12(2)3/h5-7,10,12,15-16H,4,8-9,11,17H2,1-3H3. The minimum absolute atomic E-state index is 0.232. The number of hydrogen-bond acceptors (Lipinski definition) is 3. The summed E-state index contributed by atoms with van der Waals surface area (Å²) in [5.41, 5.74) is 7.61. The number of ether oxygens (including phenoxy) is 1. The molecule has 2 atom stereocenters. The van der Waals surface area contributed by atoms with Crippen molar-refractivity contribution in [2.24, 2.45) is 11.7 Å². The van der Waals surface area contributed by atoms with Gasteiger partial charge in [-0.2, -0.15) is 0 Å². The van der Waals surface area contributed by atoms with E-state index in [1.165, 1.54) is 5.56 Å². The van der Waals surface area contributed by atoms with E-state index < -0.39 is 0 Å². The van der Waals surface area contributed by atoms with E-state index in [2.05, 4.69) is 36.9 Å². The Morgan fingerprint density at radius 3 is 2.89 bits per heavy atom. The predicted molar refractivity (Wildman–Crippen MR) is 79.4 cm³/mol. The monoisotopic (exact) mass is 262 g/mol. The summed E-state index contributed by atoms with van der Waals surface area (Å²) >= 11 is 0. The normalized spacial score (nSPS) is 24.1. The second-order valence-electron chi connectivity index (χ2n) is 5.79. The van der Waals surface area contributed by atoms with Gasteiger partial charge in [0.05, 0.1) is 12.6 Å². The number of nitrogens with two attached hydrogens (primary N) is 1. The van der Waals surface area contributed by atoms with Crippen LogP contribution in [-0.4, -0.2) is 30.6 Å². The zero-order valence-corrected chi connectivity index (χ0v) is 12.3. The topological polar surface area (TPSA) is 38.5 Å². The largest absolute Gasteiger partial charge is 0.494 e. The molecule has 0 amide bonds. The van der Waals surface area contributed by atoms with Crippen molar-refractivity contribution in [3.05, 3.63) is 29.8 Å². The third-order valence-corrected chi connectivity index (χ3v) is 3.66. The Kier molecular flexibility index (Phi) is 4.83. The first-order valence-electron chi connectivity index (χ1n) is 7.34. The molecule has 1 aromatic carbocycles. The van der Waals surface area contributed by atoms with Gasteiger partial charge in [-0.05, 0) is 37.0 Å². The van der Waals surface area contributed by atoms with Gasteiger partial charge in [-0.3, -0.25) is 4.90 Å². The Bertz CT molecular complexity index is 405. The first-order valence-corrected chi connectivity index (χ1v) is 7.34. The zero-order chi connectivity index (χ0) is 13.8. The zero-order valence-electron chi connectivity index (χ0n) is 12.3. The van der Waals surface area contributed by atoms with Crippen molar-refractivity contribution in [1.82, 2.24) is 4.90 Å². The highest BCUT2D eigenvalue weighted by Gasteiger charge is 2.33. The molecule has 106 valence electrons. The molecule has 2 unspecified atom stereocenters. The molecule has 1 aromatic rings. The van der Waals surface area contributed by atoms with Crippen LogP contribution in [0.4, 0.5) is 0 Å². The van der Waals surface area contributed by atoms with E-state index in [-0.39, 0.29) is 6.04 Å². The number of likely N-dealkylation sites (tertiary alicyclic amines) is 1. The summed E-state index contributed by atoms with van der Waals surface area (Å²) in [6, 6.07) is 8.97. The van der Waals surface area contributed by atoms with E-state index in [1.54, 1.807) is 0 Å². The lowest BCUT2D eigenvalue weighted by molar-refractivity contribution is 0.220. The molecule has 0 saturated carbocycles. The van der Waals surface area contributed by atoms with Crippen molar-refractivity contribution in [3.63, 3.8) is 0 Å². The van der Waals surface area contributed by atoms with Crippen LogP contribution in [0, 0.1) is 5.92 Å². The highest BCUT2D eigenvalue weighted by atomic mass is 16.5. The van der Waals surface area contributed by atoms with Crippen LogP contribution in [0.1, 0.15) is 38.8 Å². The van der Waals surface area contributed by atoms with E-state index in [0.29, 0.717) is 18.6 Å². The van der Waals surface area contributed by atoms with E-state index in [1.807, 2.05) is 13.0 Å². The average molecular weight is 262 g/mol. The smallest absolute Gasteiger partial charge is 0.119 e. The summed E-state index contributed by atoms with van der Waals surface area (Å²) in [4.78, 5) is 2.51. The molecule has 3 heteroatoms. The van der Waals surface area contributed by atoms with Gasteiger partial charge in [0.25, 0.3) is 0 Å². The molecule has 3 nitrogen and oxygen atoms in total. The van der Waals surface area contributed by atoms with Crippen LogP contribution in [-0.2, 0) is 0 Å². The fourth-order valence-electron chi connectivity index (χ4n) is 2.97. The lowest BCUT2D eigenvalue weighted by Gasteiger charge is -2.28. The molecule has 1 aliphatic rings. The predicted octanol–water partition coefficient (Wildman–Crippen LogP) is 2.82. The summed E-state index contributed by atoms with van der Waals surface area (Å²) in [5.74, 6) is 1.62. The lowest BCUT2D eigenvalue weighted by Crippen LogP contribution is -2.33. The Balaban J connectivity index is 2.19. The molecule has 0 radical (unpaired) electrons. The fraction of sp³-hybridized carbons (Fsp3) is 0.625. The maximum absolute atomic E-state index is 6.32. The van der Waals surface area contributed by atoms with Gasteiger partial charge < -0.3 is 10.5 Å². The van der Waals surface area contributed by atoms with Crippen molar-refractivity contribution in [3.8, 4) is 5.75 Å². The Morgan fingerprint density at radius 2 is 2.21 bits per heavy atom. The summed E-state index contributed by atoms with van der Waals surface area (Å²) < 4.78 is 5.60. The molecule has 1 saturated heterocycles. The molecule has 0 aliphatic carbocycles. The average Bonchev–Trinajstić information content (AvgIpc) is 2.70. The van der Waals surface area contributed by atoms with E-state index in [4.69, 9.17) is 10.5 Å². The summed E-state index contributed by atoms with van der Waals surface area (Å²) in [7, 11) is 0. The molecule has 1 aliphatic heterocycles. The first kappa shape index (κ1) is 14.4. The van der Waals surface area contributed by atoms with Gasteiger partial charge in [-0.15, -0.1) is 0 Å². The number of hydrogen-bond donors (Lipinski definition) is 1.